The summed E-state index contributed by atoms with van der Waals surface area (Å²) in [6.07, 6.45) is 8.62. The second-order valence-electron chi connectivity index (χ2n) is 11.9. The van der Waals surface area contributed by atoms with Crippen LogP contribution in [0.2, 0.25) is 0 Å². The molecule has 9 nitrogen and oxygen atoms in total. The van der Waals surface area contributed by atoms with Crippen molar-refractivity contribution >= 4 is 22.5 Å². The van der Waals surface area contributed by atoms with Crippen molar-refractivity contribution in [3.8, 4) is 11.3 Å². The summed E-state index contributed by atoms with van der Waals surface area (Å²) in [4.78, 5) is 18.1. The lowest BCUT2D eigenvalue weighted by atomic mass is 10.0. The van der Waals surface area contributed by atoms with Crippen LogP contribution < -0.4 is 16.2 Å². The van der Waals surface area contributed by atoms with Crippen LogP contribution in [-0.4, -0.2) is 67.6 Å². The molecule has 7 rings (SSSR count). The SMILES string of the molecule is Cn1nc(-c2cn(C(C3CC3)C3CC3)c(=O)c3c(N)n[nH]c23)cc1N1CCC[C@@H]1CN1CCC(F)(F)CC1. The van der Waals surface area contributed by atoms with Crippen LogP contribution in [-0.2, 0) is 7.05 Å². The fraction of sp³-hybridized carbons (Fsp3) is 0.667. The Bertz CT molecular complexity index is 1400. The monoisotopic (exact) mass is 526 g/mol. The van der Waals surface area contributed by atoms with Crippen LogP contribution in [0.15, 0.2) is 17.1 Å². The Labute approximate surface area is 220 Å². The van der Waals surface area contributed by atoms with Crippen LogP contribution in [0, 0.1) is 11.8 Å². The molecule has 0 unspecified atom stereocenters. The first-order valence-electron chi connectivity index (χ1n) is 14.1. The smallest absolute Gasteiger partial charge is 0.264 e. The number of fused-ring (bicyclic) bond motifs is 1. The third-order valence-corrected chi connectivity index (χ3v) is 9.17. The molecule has 38 heavy (non-hydrogen) atoms. The fourth-order valence-corrected chi connectivity index (χ4v) is 6.83. The van der Waals surface area contributed by atoms with Crippen LogP contribution in [0.5, 0.6) is 0 Å². The lowest BCUT2D eigenvalue weighted by Crippen LogP contribution is -2.46. The van der Waals surface area contributed by atoms with E-state index in [1.807, 2.05) is 22.5 Å². The number of nitrogens with two attached hydrogens (primary N) is 1. The minimum atomic E-state index is -2.53. The van der Waals surface area contributed by atoms with Crippen molar-refractivity contribution in [3.05, 3.63) is 22.6 Å². The molecule has 4 fully saturated rings. The molecule has 11 heteroatoms. The van der Waals surface area contributed by atoms with Crippen molar-refractivity contribution in [2.45, 2.75) is 69.4 Å². The zero-order valence-electron chi connectivity index (χ0n) is 21.9. The van der Waals surface area contributed by atoms with E-state index in [4.69, 9.17) is 10.8 Å². The van der Waals surface area contributed by atoms with Gasteiger partial charge in [0.05, 0.1) is 11.2 Å². The maximum absolute atomic E-state index is 13.7. The Morgan fingerprint density at radius 1 is 1.13 bits per heavy atom. The highest BCUT2D eigenvalue weighted by Crippen LogP contribution is 2.52. The largest absolute Gasteiger partial charge is 0.382 e. The first-order chi connectivity index (χ1) is 18.3. The van der Waals surface area contributed by atoms with Crippen molar-refractivity contribution in [3.63, 3.8) is 0 Å². The topological polar surface area (TPSA) is 101 Å². The number of halogens is 2. The van der Waals surface area contributed by atoms with Crippen molar-refractivity contribution in [2.24, 2.45) is 18.9 Å². The van der Waals surface area contributed by atoms with Gasteiger partial charge in [0.2, 0.25) is 0 Å². The van der Waals surface area contributed by atoms with Crippen molar-refractivity contribution in [1.82, 2.24) is 29.4 Å². The summed E-state index contributed by atoms with van der Waals surface area (Å²) in [5.41, 5.74) is 8.37. The number of piperidine rings is 1. The summed E-state index contributed by atoms with van der Waals surface area (Å²) in [6.45, 7) is 2.58. The molecule has 2 saturated carbocycles. The van der Waals surface area contributed by atoms with Crippen LogP contribution in [0.25, 0.3) is 22.2 Å². The number of nitrogens with zero attached hydrogens (tertiary/aromatic N) is 6. The van der Waals surface area contributed by atoms with Crippen molar-refractivity contribution < 1.29 is 8.78 Å². The number of aromatic amines is 1. The molecule has 3 aromatic heterocycles. The highest BCUT2D eigenvalue weighted by molar-refractivity contribution is 5.97. The maximum atomic E-state index is 13.7. The Morgan fingerprint density at radius 3 is 2.53 bits per heavy atom. The van der Waals surface area contributed by atoms with E-state index >= 15 is 0 Å². The third-order valence-electron chi connectivity index (χ3n) is 9.17. The van der Waals surface area contributed by atoms with Crippen LogP contribution in [0.3, 0.4) is 0 Å². The van der Waals surface area contributed by atoms with E-state index in [1.165, 1.54) is 25.7 Å². The lowest BCUT2D eigenvalue weighted by molar-refractivity contribution is -0.0557. The minimum Gasteiger partial charge on any atom is -0.382 e. The van der Waals surface area contributed by atoms with E-state index in [0.29, 0.717) is 35.8 Å². The predicted molar refractivity (Wildman–Crippen MR) is 142 cm³/mol. The van der Waals surface area contributed by atoms with Gasteiger partial charge in [-0.2, -0.15) is 10.2 Å². The van der Waals surface area contributed by atoms with Gasteiger partial charge in [0.1, 0.15) is 11.2 Å². The summed E-state index contributed by atoms with van der Waals surface area (Å²) in [6, 6.07) is 2.56. The number of aryl methyl sites for hydroxylation is 1. The number of nitrogen functional groups attached to an aromatic ring is 1. The average Bonchev–Trinajstić information content (AvgIpc) is 3.78. The van der Waals surface area contributed by atoms with E-state index < -0.39 is 5.92 Å². The number of pyridine rings is 1. The van der Waals surface area contributed by atoms with Crippen molar-refractivity contribution in [1.29, 1.82) is 0 Å². The quantitative estimate of drug-likeness (QED) is 0.486. The van der Waals surface area contributed by atoms with Crippen LogP contribution in [0.4, 0.5) is 20.4 Å². The van der Waals surface area contributed by atoms with Gasteiger partial charge >= 0.3 is 0 Å². The van der Waals surface area contributed by atoms with Crippen molar-refractivity contribution in [2.75, 3.05) is 36.8 Å². The Kier molecular flexibility index (Phi) is 5.58. The molecule has 0 aromatic carbocycles. The van der Waals surface area contributed by atoms with Gasteiger partial charge in [-0.1, -0.05) is 0 Å². The van der Waals surface area contributed by atoms with Crippen LogP contribution >= 0.6 is 0 Å². The number of rotatable bonds is 7. The molecule has 5 heterocycles. The summed E-state index contributed by atoms with van der Waals surface area (Å²) in [5.74, 6) is -0.187. The molecule has 4 aliphatic rings. The third kappa shape index (κ3) is 4.19. The molecule has 0 radical (unpaired) electrons. The molecule has 204 valence electrons. The first kappa shape index (κ1) is 24.1. The summed E-state index contributed by atoms with van der Waals surface area (Å²) < 4.78 is 31.2. The van der Waals surface area contributed by atoms with Gasteiger partial charge in [-0.05, 0) is 50.4 Å². The molecular formula is C27H36F2N8O. The lowest BCUT2D eigenvalue weighted by Gasteiger charge is -2.36. The number of anilines is 2. The molecule has 0 bridgehead atoms. The van der Waals surface area contributed by atoms with Gasteiger partial charge in [0, 0.05) is 76.0 Å². The molecule has 3 aromatic rings. The minimum absolute atomic E-state index is 0.0582. The number of hydrogen-bond acceptors (Lipinski definition) is 6. The van der Waals surface area contributed by atoms with E-state index in [1.54, 1.807) is 0 Å². The van der Waals surface area contributed by atoms with E-state index in [9.17, 15) is 13.6 Å². The number of H-pyrrole nitrogens is 1. The van der Waals surface area contributed by atoms with E-state index in [-0.39, 0.29) is 36.3 Å². The number of aromatic nitrogens is 5. The maximum Gasteiger partial charge on any atom is 0.264 e. The van der Waals surface area contributed by atoms with Gasteiger partial charge in [-0.15, -0.1) is 0 Å². The normalized spacial score (nSPS) is 24.2. The molecule has 2 saturated heterocycles. The van der Waals surface area contributed by atoms with E-state index in [2.05, 4.69) is 26.1 Å². The predicted octanol–water partition coefficient (Wildman–Crippen LogP) is 3.77. The summed E-state index contributed by atoms with van der Waals surface area (Å²) in [5, 5.41) is 12.5. The molecule has 0 amide bonds. The molecule has 1 atom stereocenters. The second kappa shape index (κ2) is 8.79. The number of hydrogen-bond donors (Lipinski definition) is 2. The fourth-order valence-electron chi connectivity index (χ4n) is 6.83. The molecule has 2 aliphatic carbocycles. The molecule has 2 aliphatic heterocycles. The van der Waals surface area contributed by atoms with Gasteiger partial charge in [0.15, 0.2) is 5.82 Å². The first-order valence-corrected chi connectivity index (χ1v) is 14.1. The number of alkyl halides is 2. The molecular weight excluding hydrogens is 490 g/mol. The Hall–Kier alpha value is -2.95. The van der Waals surface area contributed by atoms with Crippen LogP contribution in [0.1, 0.15) is 57.4 Å². The number of likely N-dealkylation sites (tertiary alicyclic amines) is 1. The summed E-state index contributed by atoms with van der Waals surface area (Å²) in [7, 11) is 1.95. The van der Waals surface area contributed by atoms with Gasteiger partial charge in [0.25, 0.3) is 11.5 Å². The Morgan fingerprint density at radius 2 is 1.84 bits per heavy atom. The molecule has 3 N–H and O–H groups in total. The van der Waals surface area contributed by atoms with Gasteiger partial charge in [-0.3, -0.25) is 14.6 Å². The number of nitrogens with one attached hydrogen (secondary N) is 1. The van der Waals surface area contributed by atoms with E-state index in [0.717, 1.165) is 43.0 Å². The standard InChI is InChI=1S/C27H36F2N8O/c1-34-21(36-10-2-3-18(36)14-35-11-8-27(28,29)9-12-35)13-20(33-34)19-15-37(24(16-4-5-16)17-6-7-17)26(38)22-23(19)31-32-25(22)30/h13,15-18,24H,2-12,14H2,1H3,(H3,30,31,32)/t18-/m1/s1. The van der Waals surface area contributed by atoms with Gasteiger partial charge in [-0.25, -0.2) is 8.78 Å². The van der Waals surface area contributed by atoms with Gasteiger partial charge < -0.3 is 20.1 Å². The Balaban J connectivity index is 1.22. The molecule has 0 spiro atoms. The second-order valence-corrected chi connectivity index (χ2v) is 11.9. The zero-order chi connectivity index (χ0) is 26.2. The average molecular weight is 527 g/mol. The highest BCUT2D eigenvalue weighted by Gasteiger charge is 2.43. The highest BCUT2D eigenvalue weighted by atomic mass is 19.3. The zero-order valence-corrected chi connectivity index (χ0v) is 21.9. The summed E-state index contributed by atoms with van der Waals surface area (Å²) >= 11 is 0.